The van der Waals surface area contributed by atoms with Crippen molar-refractivity contribution in [3.05, 3.63) is 15.5 Å². The molecule has 0 aliphatic heterocycles. The number of rotatable bonds is 4. The topological polar surface area (TPSA) is 71.5 Å². The molecule has 5 nitrogen and oxygen atoms in total. The van der Waals surface area contributed by atoms with Gasteiger partial charge in [-0.05, 0) is 13.8 Å². The van der Waals surface area contributed by atoms with Gasteiger partial charge < -0.3 is 5.11 Å². The Hall–Kier alpha value is -0.690. The third kappa shape index (κ3) is 4.13. The maximum atomic E-state index is 11.4. The van der Waals surface area contributed by atoms with Crippen LogP contribution in [0.1, 0.15) is 23.5 Å². The van der Waals surface area contributed by atoms with E-state index in [9.17, 15) is 9.90 Å². The zero-order valence-corrected chi connectivity index (χ0v) is 9.85. The second-order valence-electron chi connectivity index (χ2n) is 3.50. The fourth-order valence-electron chi connectivity index (χ4n) is 0.704. The number of thiazole rings is 1. The van der Waals surface area contributed by atoms with Crippen LogP contribution in [0.2, 0.25) is 5.15 Å². The van der Waals surface area contributed by atoms with Gasteiger partial charge in [0.2, 0.25) is 0 Å². The highest BCUT2D eigenvalue weighted by atomic mass is 35.5. The number of nitrogens with one attached hydrogen (secondary N) is 1. The van der Waals surface area contributed by atoms with Gasteiger partial charge in [-0.3, -0.25) is 9.63 Å². The first-order valence-corrected chi connectivity index (χ1v) is 5.39. The molecule has 0 spiro atoms. The molecule has 2 N–H and O–H groups in total. The van der Waals surface area contributed by atoms with E-state index in [0.717, 1.165) is 11.3 Å². The van der Waals surface area contributed by atoms with Crippen LogP contribution in [0.4, 0.5) is 0 Å². The summed E-state index contributed by atoms with van der Waals surface area (Å²) in [5, 5.41) is 9.45. The van der Waals surface area contributed by atoms with E-state index in [-0.39, 0.29) is 16.6 Å². The Bertz CT molecular complexity index is 348. The molecule has 1 amide bonds. The summed E-state index contributed by atoms with van der Waals surface area (Å²) in [5.41, 5.74) is 2.64. The molecule has 1 aromatic rings. The van der Waals surface area contributed by atoms with Gasteiger partial charge in [-0.25, -0.2) is 10.5 Å². The third-order valence-corrected chi connectivity index (χ3v) is 2.54. The highest BCUT2D eigenvalue weighted by Crippen LogP contribution is 2.17. The van der Waals surface area contributed by atoms with Crippen LogP contribution in [0.5, 0.6) is 0 Å². The number of nitrogens with zero attached hydrogens (tertiary/aromatic N) is 1. The second-order valence-corrected chi connectivity index (χ2v) is 4.72. The van der Waals surface area contributed by atoms with Gasteiger partial charge in [0.25, 0.3) is 5.91 Å². The Kier molecular flexibility index (Phi) is 4.04. The van der Waals surface area contributed by atoms with Gasteiger partial charge in [-0.2, -0.15) is 0 Å². The number of hydrogen-bond acceptors (Lipinski definition) is 5. The summed E-state index contributed by atoms with van der Waals surface area (Å²) >= 11 is 6.76. The van der Waals surface area contributed by atoms with Gasteiger partial charge in [0, 0.05) is 0 Å². The lowest BCUT2D eigenvalue weighted by atomic mass is 10.2. The molecule has 0 aliphatic carbocycles. The van der Waals surface area contributed by atoms with E-state index in [0.29, 0.717) is 0 Å². The Morgan fingerprint density at radius 3 is 2.93 bits per heavy atom. The van der Waals surface area contributed by atoms with E-state index in [1.54, 1.807) is 13.8 Å². The summed E-state index contributed by atoms with van der Waals surface area (Å²) in [7, 11) is 0. The molecular formula is C8H11ClN2O3S. The molecular weight excluding hydrogens is 240 g/mol. The molecule has 1 heterocycles. The zero-order valence-electron chi connectivity index (χ0n) is 8.28. The van der Waals surface area contributed by atoms with Crippen LogP contribution in [0.3, 0.4) is 0 Å². The maximum absolute atomic E-state index is 11.4. The van der Waals surface area contributed by atoms with Crippen LogP contribution in [0.15, 0.2) is 5.51 Å². The van der Waals surface area contributed by atoms with Gasteiger partial charge in [0.15, 0.2) is 5.15 Å². The molecule has 0 saturated heterocycles. The summed E-state index contributed by atoms with van der Waals surface area (Å²) < 4.78 is 0. The van der Waals surface area contributed by atoms with E-state index in [1.807, 2.05) is 0 Å². The van der Waals surface area contributed by atoms with Crippen molar-refractivity contribution >= 4 is 28.8 Å². The van der Waals surface area contributed by atoms with Crippen molar-refractivity contribution in [2.45, 2.75) is 19.4 Å². The molecule has 0 atom stereocenters. The first-order chi connectivity index (χ1) is 6.90. The maximum Gasteiger partial charge on any atom is 0.288 e. The molecule has 15 heavy (non-hydrogen) atoms. The highest BCUT2D eigenvalue weighted by Gasteiger charge is 2.16. The smallest absolute Gasteiger partial charge is 0.288 e. The normalized spacial score (nSPS) is 11.5. The predicted octanol–water partition coefficient (Wildman–Crippen LogP) is 1.23. The molecule has 7 heteroatoms. The van der Waals surface area contributed by atoms with Crippen LogP contribution < -0.4 is 5.48 Å². The van der Waals surface area contributed by atoms with Gasteiger partial charge >= 0.3 is 0 Å². The number of hydroxylamine groups is 1. The monoisotopic (exact) mass is 250 g/mol. The first kappa shape index (κ1) is 12.4. The fraction of sp³-hybridized carbons (Fsp3) is 0.500. The molecule has 0 fully saturated rings. The van der Waals surface area contributed by atoms with Crippen molar-refractivity contribution in [2.75, 3.05) is 6.61 Å². The molecule has 0 saturated carbocycles. The molecule has 0 radical (unpaired) electrons. The average molecular weight is 251 g/mol. The average Bonchev–Trinajstić information content (AvgIpc) is 2.48. The SMILES string of the molecule is CC(C)(O)CONC(=O)c1scnc1Cl. The zero-order chi connectivity index (χ0) is 11.5. The minimum Gasteiger partial charge on any atom is -0.388 e. The number of aromatic nitrogens is 1. The van der Waals surface area contributed by atoms with Crippen molar-refractivity contribution in [3.63, 3.8) is 0 Å². The molecule has 0 bridgehead atoms. The number of carbonyl (C=O) groups excluding carboxylic acids is 1. The van der Waals surface area contributed by atoms with Crippen molar-refractivity contribution < 1.29 is 14.7 Å². The minimum atomic E-state index is -0.995. The van der Waals surface area contributed by atoms with E-state index in [2.05, 4.69) is 10.5 Å². The van der Waals surface area contributed by atoms with Crippen molar-refractivity contribution in [2.24, 2.45) is 0 Å². The Morgan fingerprint density at radius 2 is 2.47 bits per heavy atom. The number of aliphatic hydroxyl groups is 1. The van der Waals surface area contributed by atoms with Gasteiger partial charge in [0.1, 0.15) is 11.5 Å². The molecule has 1 rings (SSSR count). The number of carbonyl (C=O) groups is 1. The number of halogens is 1. The van der Waals surface area contributed by atoms with E-state index < -0.39 is 11.5 Å². The van der Waals surface area contributed by atoms with Gasteiger partial charge in [-0.1, -0.05) is 11.6 Å². The van der Waals surface area contributed by atoms with Crippen molar-refractivity contribution in [1.82, 2.24) is 10.5 Å². The summed E-state index contributed by atoms with van der Waals surface area (Å²) in [6, 6.07) is 0. The lowest BCUT2D eigenvalue weighted by Gasteiger charge is -2.16. The fourth-order valence-corrected chi connectivity index (χ4v) is 1.59. The molecule has 1 aromatic heterocycles. The van der Waals surface area contributed by atoms with E-state index in [1.165, 1.54) is 5.51 Å². The Morgan fingerprint density at radius 1 is 1.80 bits per heavy atom. The van der Waals surface area contributed by atoms with Gasteiger partial charge in [-0.15, -0.1) is 11.3 Å². The van der Waals surface area contributed by atoms with Crippen LogP contribution in [-0.2, 0) is 4.84 Å². The van der Waals surface area contributed by atoms with Crippen molar-refractivity contribution in [1.29, 1.82) is 0 Å². The largest absolute Gasteiger partial charge is 0.388 e. The molecule has 0 aromatic carbocycles. The second kappa shape index (κ2) is 4.89. The quantitative estimate of drug-likeness (QED) is 0.789. The third-order valence-electron chi connectivity index (χ3n) is 1.32. The summed E-state index contributed by atoms with van der Waals surface area (Å²) in [5.74, 6) is -0.466. The minimum absolute atomic E-state index is 0.00480. The van der Waals surface area contributed by atoms with Crippen LogP contribution >= 0.6 is 22.9 Å². The van der Waals surface area contributed by atoms with E-state index in [4.69, 9.17) is 16.4 Å². The van der Waals surface area contributed by atoms with Gasteiger partial charge in [0.05, 0.1) is 11.1 Å². The van der Waals surface area contributed by atoms with Crippen LogP contribution in [-0.4, -0.2) is 28.2 Å². The highest BCUT2D eigenvalue weighted by molar-refractivity contribution is 7.12. The summed E-state index contributed by atoms with van der Waals surface area (Å²) in [6.07, 6.45) is 0. The first-order valence-electron chi connectivity index (χ1n) is 4.13. The Balaban J connectivity index is 2.41. The molecule has 0 unspecified atom stereocenters. The van der Waals surface area contributed by atoms with Crippen LogP contribution in [0.25, 0.3) is 0 Å². The molecule has 0 aliphatic rings. The lowest BCUT2D eigenvalue weighted by molar-refractivity contribution is -0.0521. The van der Waals surface area contributed by atoms with Crippen LogP contribution in [0, 0.1) is 0 Å². The van der Waals surface area contributed by atoms with E-state index >= 15 is 0 Å². The predicted molar refractivity (Wildman–Crippen MR) is 56.8 cm³/mol. The molecule has 84 valence electrons. The standard InChI is InChI=1S/C8H11ClN2O3S/c1-8(2,13)3-14-11-7(12)5-6(9)10-4-15-5/h4,13H,3H2,1-2H3,(H,11,12). The number of amides is 1. The number of hydrogen-bond donors (Lipinski definition) is 2. The summed E-state index contributed by atoms with van der Waals surface area (Å²) in [4.78, 5) is 20.2. The Labute approximate surface area is 96.0 Å². The van der Waals surface area contributed by atoms with Crippen molar-refractivity contribution in [3.8, 4) is 0 Å². The lowest BCUT2D eigenvalue weighted by Crippen LogP contribution is -2.33. The summed E-state index contributed by atoms with van der Waals surface area (Å²) in [6.45, 7) is 3.13.